The molecule has 10 heteroatoms. The van der Waals surface area contributed by atoms with Crippen molar-refractivity contribution in [2.75, 3.05) is 31.3 Å². The summed E-state index contributed by atoms with van der Waals surface area (Å²) in [6.07, 6.45) is 1.44. The summed E-state index contributed by atoms with van der Waals surface area (Å²) < 4.78 is 31.2. The van der Waals surface area contributed by atoms with Gasteiger partial charge in [0.05, 0.1) is 24.1 Å². The second kappa shape index (κ2) is 12.1. The fourth-order valence-corrected chi connectivity index (χ4v) is 4.71. The first-order valence-electron chi connectivity index (χ1n) is 10.9. The van der Waals surface area contributed by atoms with Crippen LogP contribution in [0, 0.1) is 6.92 Å². The number of hydrogen-bond acceptors (Lipinski definition) is 5. The van der Waals surface area contributed by atoms with Crippen molar-refractivity contribution in [1.29, 1.82) is 0 Å². The first-order valence-corrected chi connectivity index (χ1v) is 13.1. The molecule has 0 fully saturated rings. The van der Waals surface area contributed by atoms with E-state index in [0.717, 1.165) is 17.4 Å². The number of nitrogens with zero attached hydrogens (tertiary/aromatic N) is 2. The molecule has 0 radical (unpaired) electrons. The number of nitrogens with one attached hydrogen (secondary N) is 1. The quantitative estimate of drug-likeness (QED) is 0.501. The average Bonchev–Trinajstić information content (AvgIpc) is 2.79. The number of hydrogen-bond donors (Lipinski definition) is 1. The molecule has 0 spiro atoms. The zero-order valence-corrected chi connectivity index (χ0v) is 21.7. The van der Waals surface area contributed by atoms with Crippen molar-refractivity contribution in [3.63, 3.8) is 0 Å². The lowest BCUT2D eigenvalue weighted by Crippen LogP contribution is -2.46. The number of sulfonamides is 1. The first kappa shape index (κ1) is 27.5. The summed E-state index contributed by atoms with van der Waals surface area (Å²) in [7, 11) is -0.614. The molecule has 0 aliphatic heterocycles. The molecule has 0 heterocycles. The Morgan fingerprint density at radius 2 is 1.79 bits per heavy atom. The Hall–Kier alpha value is -2.78. The van der Waals surface area contributed by atoms with Crippen LogP contribution in [0.5, 0.6) is 5.75 Å². The van der Waals surface area contributed by atoms with Crippen molar-refractivity contribution in [1.82, 2.24) is 10.2 Å². The van der Waals surface area contributed by atoms with Crippen molar-refractivity contribution < 1.29 is 22.7 Å². The molecule has 2 amide bonds. The minimum atomic E-state index is -3.61. The van der Waals surface area contributed by atoms with Crippen LogP contribution in [0.2, 0.25) is 5.02 Å². The van der Waals surface area contributed by atoms with E-state index in [4.69, 9.17) is 16.3 Å². The highest BCUT2D eigenvalue weighted by atomic mass is 35.5. The third-order valence-electron chi connectivity index (χ3n) is 5.46. The van der Waals surface area contributed by atoms with Gasteiger partial charge in [0, 0.05) is 26.6 Å². The number of benzene rings is 2. The van der Waals surface area contributed by atoms with E-state index < -0.39 is 16.1 Å². The number of amides is 2. The van der Waals surface area contributed by atoms with Crippen LogP contribution in [-0.2, 0) is 26.2 Å². The molecule has 2 aromatic rings. The van der Waals surface area contributed by atoms with E-state index in [-0.39, 0.29) is 42.8 Å². The zero-order chi connectivity index (χ0) is 25.5. The molecule has 2 aromatic carbocycles. The fraction of sp³-hybridized carbons (Fsp3) is 0.417. The molecule has 0 aromatic heterocycles. The smallest absolute Gasteiger partial charge is 0.242 e. The lowest BCUT2D eigenvalue weighted by Gasteiger charge is -2.29. The number of ether oxygens (including phenoxy) is 1. The Morgan fingerprint density at radius 1 is 1.15 bits per heavy atom. The zero-order valence-electron chi connectivity index (χ0n) is 20.2. The summed E-state index contributed by atoms with van der Waals surface area (Å²) >= 11 is 6.17. The maximum atomic E-state index is 13.1. The lowest BCUT2D eigenvalue weighted by atomic mass is 10.1. The van der Waals surface area contributed by atoms with Crippen LogP contribution in [0.3, 0.4) is 0 Å². The Morgan fingerprint density at radius 3 is 2.32 bits per heavy atom. The molecule has 1 N–H and O–H groups in total. The van der Waals surface area contributed by atoms with Crippen LogP contribution in [-0.4, -0.2) is 58.1 Å². The standard InChI is InChI=1S/C24H32ClN3O5S/c1-17-8-10-19(11-9-17)16-27(18(2)24(30)26-3)23(29)7-6-14-28(34(5,31)32)20-12-13-22(33-4)21(25)15-20/h8-13,15,18H,6-7,14,16H2,1-5H3,(H,26,30)/t18-/m0/s1. The van der Waals surface area contributed by atoms with Gasteiger partial charge in [-0.25, -0.2) is 8.42 Å². The van der Waals surface area contributed by atoms with Gasteiger partial charge in [-0.15, -0.1) is 0 Å². The van der Waals surface area contributed by atoms with E-state index in [1.807, 2.05) is 31.2 Å². The third kappa shape index (κ3) is 7.36. The van der Waals surface area contributed by atoms with Gasteiger partial charge >= 0.3 is 0 Å². The molecule has 34 heavy (non-hydrogen) atoms. The lowest BCUT2D eigenvalue weighted by molar-refractivity contribution is -0.140. The van der Waals surface area contributed by atoms with Crippen molar-refractivity contribution in [3.8, 4) is 5.75 Å². The van der Waals surface area contributed by atoms with E-state index in [9.17, 15) is 18.0 Å². The molecular formula is C24H32ClN3O5S. The fourth-order valence-electron chi connectivity index (χ4n) is 3.50. The molecule has 0 bridgehead atoms. The molecule has 2 rings (SSSR count). The van der Waals surface area contributed by atoms with Crippen molar-refractivity contribution in [2.45, 2.75) is 39.3 Å². The number of likely N-dealkylation sites (N-methyl/N-ethyl adjacent to an activating group) is 1. The number of carbonyl (C=O) groups excluding carboxylic acids is 2. The van der Waals surface area contributed by atoms with Crippen LogP contribution in [0.15, 0.2) is 42.5 Å². The SMILES string of the molecule is CNC(=O)[C@H](C)N(Cc1ccc(C)cc1)C(=O)CCCN(c1ccc(OC)c(Cl)c1)S(C)(=O)=O. The molecule has 0 unspecified atom stereocenters. The summed E-state index contributed by atoms with van der Waals surface area (Å²) in [4.78, 5) is 26.9. The predicted octanol–water partition coefficient (Wildman–Crippen LogP) is 3.37. The van der Waals surface area contributed by atoms with Crippen molar-refractivity contribution >= 4 is 39.1 Å². The van der Waals surface area contributed by atoms with Crippen molar-refractivity contribution in [2.24, 2.45) is 0 Å². The highest BCUT2D eigenvalue weighted by Crippen LogP contribution is 2.30. The molecule has 0 saturated carbocycles. The second-order valence-electron chi connectivity index (χ2n) is 8.05. The van der Waals surface area contributed by atoms with E-state index in [1.54, 1.807) is 19.1 Å². The molecule has 186 valence electrons. The second-order valence-corrected chi connectivity index (χ2v) is 10.4. The van der Waals surface area contributed by atoms with Gasteiger partial charge < -0.3 is 15.0 Å². The van der Waals surface area contributed by atoms with E-state index in [0.29, 0.717) is 11.4 Å². The van der Waals surface area contributed by atoms with Gasteiger partial charge in [0.1, 0.15) is 11.8 Å². The van der Waals surface area contributed by atoms with Gasteiger partial charge in [-0.1, -0.05) is 41.4 Å². The Bertz CT molecular complexity index is 1110. The average molecular weight is 510 g/mol. The van der Waals surface area contributed by atoms with E-state index >= 15 is 0 Å². The van der Waals surface area contributed by atoms with Crippen molar-refractivity contribution in [3.05, 3.63) is 58.6 Å². The minimum Gasteiger partial charge on any atom is -0.495 e. The molecular weight excluding hydrogens is 478 g/mol. The van der Waals surface area contributed by atoms with Crippen LogP contribution >= 0.6 is 11.6 Å². The van der Waals surface area contributed by atoms with Crippen LogP contribution in [0.25, 0.3) is 0 Å². The molecule has 0 aliphatic carbocycles. The molecule has 8 nitrogen and oxygen atoms in total. The predicted molar refractivity (Wildman–Crippen MR) is 135 cm³/mol. The summed E-state index contributed by atoms with van der Waals surface area (Å²) in [5.74, 6) is -0.0760. The number of methoxy groups -OCH3 is 1. The monoisotopic (exact) mass is 509 g/mol. The third-order valence-corrected chi connectivity index (χ3v) is 6.95. The van der Waals surface area contributed by atoms with Crippen LogP contribution in [0.4, 0.5) is 5.69 Å². The van der Waals surface area contributed by atoms with Gasteiger partial charge in [0.15, 0.2) is 0 Å². The van der Waals surface area contributed by atoms with Gasteiger partial charge in [0.25, 0.3) is 0 Å². The Labute approximate surface area is 206 Å². The number of halogens is 1. The maximum absolute atomic E-state index is 13.1. The summed E-state index contributed by atoms with van der Waals surface area (Å²) in [6, 6.07) is 11.8. The summed E-state index contributed by atoms with van der Waals surface area (Å²) in [6.45, 7) is 4.01. The van der Waals surface area contributed by atoms with Gasteiger partial charge in [0.2, 0.25) is 21.8 Å². The highest BCUT2D eigenvalue weighted by molar-refractivity contribution is 7.92. The number of anilines is 1. The number of rotatable bonds is 11. The number of carbonyl (C=O) groups is 2. The van der Waals surface area contributed by atoms with E-state index in [1.165, 1.54) is 29.4 Å². The highest BCUT2D eigenvalue weighted by Gasteiger charge is 2.26. The van der Waals surface area contributed by atoms with Gasteiger partial charge in [-0.05, 0) is 44.0 Å². The van der Waals surface area contributed by atoms with Crippen LogP contribution in [0.1, 0.15) is 30.9 Å². The number of aryl methyl sites for hydroxylation is 1. The Kier molecular flexibility index (Phi) is 9.76. The summed E-state index contributed by atoms with van der Waals surface area (Å²) in [5, 5.41) is 2.87. The van der Waals surface area contributed by atoms with E-state index in [2.05, 4.69) is 5.32 Å². The maximum Gasteiger partial charge on any atom is 0.242 e. The molecule has 0 saturated heterocycles. The molecule has 0 aliphatic rings. The van der Waals surface area contributed by atoms with Crippen LogP contribution < -0.4 is 14.4 Å². The molecule has 1 atom stereocenters. The normalized spacial score (nSPS) is 12.1. The Balaban J connectivity index is 2.16. The summed E-state index contributed by atoms with van der Waals surface area (Å²) in [5.41, 5.74) is 2.39. The topological polar surface area (TPSA) is 96.0 Å². The largest absolute Gasteiger partial charge is 0.495 e. The van der Waals surface area contributed by atoms with Gasteiger partial charge in [-0.3, -0.25) is 13.9 Å². The minimum absolute atomic E-state index is 0.0725. The van der Waals surface area contributed by atoms with Gasteiger partial charge in [-0.2, -0.15) is 0 Å². The first-order chi connectivity index (χ1) is 16.0.